The van der Waals surface area contributed by atoms with E-state index in [1.807, 2.05) is 6.92 Å². The Morgan fingerprint density at radius 1 is 1.24 bits per heavy atom. The monoisotopic (exact) mass is 529 g/mol. The number of benzene rings is 1. The molecule has 0 spiro atoms. The zero-order valence-corrected chi connectivity index (χ0v) is 18.7. The van der Waals surface area contributed by atoms with Crippen LogP contribution in [0.3, 0.4) is 0 Å². The second-order valence-electron chi connectivity index (χ2n) is 5.72. The molecule has 8 nitrogen and oxygen atoms in total. The largest absolute Gasteiger partial charge is 0.466 e. The molecule has 2 rings (SSSR count). The maximum absolute atomic E-state index is 12.7. The lowest BCUT2D eigenvalue weighted by Gasteiger charge is -2.13. The normalized spacial score (nSPS) is 12.4. The van der Waals surface area contributed by atoms with Crippen molar-refractivity contribution in [3.8, 4) is 17.2 Å². The minimum Gasteiger partial charge on any atom is -0.466 e. The average molecular weight is 529 g/mol. The van der Waals surface area contributed by atoms with Gasteiger partial charge in [0.05, 0.1) is 13.2 Å². The van der Waals surface area contributed by atoms with Gasteiger partial charge in [-0.15, -0.1) is 24.0 Å². The highest BCUT2D eigenvalue weighted by Gasteiger charge is 2.20. The van der Waals surface area contributed by atoms with E-state index in [-0.39, 0.29) is 49.0 Å². The number of guanidine groups is 1. The van der Waals surface area contributed by atoms with Crippen LogP contribution in [0.1, 0.15) is 32.3 Å². The summed E-state index contributed by atoms with van der Waals surface area (Å²) in [6.45, 7) is 2.30. The van der Waals surface area contributed by atoms with E-state index < -0.39 is 6.61 Å². The van der Waals surface area contributed by atoms with Gasteiger partial charge in [0.2, 0.25) is 6.79 Å². The van der Waals surface area contributed by atoms with Crippen LogP contribution < -0.4 is 24.8 Å². The summed E-state index contributed by atoms with van der Waals surface area (Å²) in [5.41, 5.74) is 0.438. The van der Waals surface area contributed by atoms with Gasteiger partial charge in [-0.1, -0.05) is 0 Å². The predicted molar refractivity (Wildman–Crippen MR) is 113 cm³/mol. The Morgan fingerprint density at radius 2 is 1.97 bits per heavy atom. The van der Waals surface area contributed by atoms with Crippen LogP contribution in [0.2, 0.25) is 0 Å². The molecule has 1 aromatic rings. The summed E-state index contributed by atoms with van der Waals surface area (Å²) in [4.78, 5) is 15.7. The van der Waals surface area contributed by atoms with Gasteiger partial charge in [0.1, 0.15) is 5.75 Å². The van der Waals surface area contributed by atoms with Crippen LogP contribution in [0.5, 0.6) is 17.2 Å². The Kier molecular flexibility index (Phi) is 11.4. The number of esters is 1. The molecule has 0 amide bonds. The van der Waals surface area contributed by atoms with Crippen molar-refractivity contribution in [3.63, 3.8) is 0 Å². The van der Waals surface area contributed by atoms with E-state index in [2.05, 4.69) is 20.4 Å². The maximum Gasteiger partial charge on any atom is 0.387 e. The number of aliphatic imine (C=N–C) groups is 1. The smallest absolute Gasteiger partial charge is 0.387 e. The third-order valence-corrected chi connectivity index (χ3v) is 3.68. The molecular weight excluding hydrogens is 503 g/mol. The van der Waals surface area contributed by atoms with Crippen LogP contribution in [0.25, 0.3) is 0 Å². The molecule has 164 valence electrons. The molecule has 0 saturated carbocycles. The summed E-state index contributed by atoms with van der Waals surface area (Å²) in [5, 5.41) is 6.14. The number of alkyl halides is 2. The van der Waals surface area contributed by atoms with Crippen molar-refractivity contribution < 1.29 is 32.5 Å². The van der Waals surface area contributed by atoms with Crippen LogP contribution in [0, 0.1) is 0 Å². The van der Waals surface area contributed by atoms with Gasteiger partial charge in [0, 0.05) is 31.1 Å². The lowest BCUT2D eigenvalue weighted by molar-refractivity contribution is -0.143. The topological polar surface area (TPSA) is 90.4 Å². The van der Waals surface area contributed by atoms with Crippen LogP contribution in [-0.4, -0.2) is 45.0 Å². The Bertz CT molecular complexity index is 692. The summed E-state index contributed by atoms with van der Waals surface area (Å²) in [6, 6.07) is 2.95. The maximum atomic E-state index is 12.7. The zero-order valence-electron chi connectivity index (χ0n) is 16.3. The Hall–Kier alpha value is -2.05. The number of hydrogen-bond donors (Lipinski definition) is 2. The van der Waals surface area contributed by atoms with Crippen molar-refractivity contribution in [1.29, 1.82) is 0 Å². The number of nitrogens with one attached hydrogen (secondary N) is 2. The quantitative estimate of drug-likeness (QED) is 0.158. The molecule has 29 heavy (non-hydrogen) atoms. The summed E-state index contributed by atoms with van der Waals surface area (Å²) >= 11 is 0. The minimum absolute atomic E-state index is 0. The molecule has 0 radical (unpaired) electrons. The van der Waals surface area contributed by atoms with E-state index in [1.165, 1.54) is 6.07 Å². The van der Waals surface area contributed by atoms with Gasteiger partial charge in [-0.2, -0.15) is 8.78 Å². The van der Waals surface area contributed by atoms with E-state index in [0.717, 1.165) is 0 Å². The highest BCUT2D eigenvalue weighted by Crippen LogP contribution is 2.38. The number of hydrogen-bond acceptors (Lipinski definition) is 6. The van der Waals surface area contributed by atoms with Gasteiger partial charge < -0.3 is 29.6 Å². The molecule has 0 saturated heterocycles. The summed E-state index contributed by atoms with van der Waals surface area (Å²) in [7, 11) is 0. The highest BCUT2D eigenvalue weighted by molar-refractivity contribution is 14.0. The molecule has 0 fully saturated rings. The van der Waals surface area contributed by atoms with Crippen molar-refractivity contribution in [3.05, 3.63) is 17.7 Å². The second-order valence-corrected chi connectivity index (χ2v) is 5.72. The molecule has 1 aromatic carbocycles. The molecule has 1 aliphatic heterocycles. The summed E-state index contributed by atoms with van der Waals surface area (Å²) in [6.07, 6.45) is 0.877. The Labute approximate surface area is 185 Å². The number of fused-ring (bicyclic) bond motifs is 1. The lowest BCUT2D eigenvalue weighted by atomic mass is 10.1. The van der Waals surface area contributed by atoms with E-state index in [1.54, 1.807) is 13.0 Å². The van der Waals surface area contributed by atoms with Crippen molar-refractivity contribution in [2.24, 2.45) is 4.99 Å². The van der Waals surface area contributed by atoms with Crippen molar-refractivity contribution in [1.82, 2.24) is 10.6 Å². The minimum atomic E-state index is -2.96. The fraction of sp³-hybridized carbons (Fsp3) is 0.556. The van der Waals surface area contributed by atoms with Gasteiger partial charge in [0.25, 0.3) is 0 Å². The molecule has 1 aliphatic rings. The van der Waals surface area contributed by atoms with Gasteiger partial charge in [0.15, 0.2) is 17.5 Å². The van der Waals surface area contributed by atoms with E-state index in [0.29, 0.717) is 55.6 Å². The summed E-state index contributed by atoms with van der Waals surface area (Å²) in [5.74, 6) is 1.04. The molecule has 11 heteroatoms. The average Bonchev–Trinajstić information content (AvgIpc) is 3.10. The number of carbonyl (C=O) groups excluding carboxylic acids is 1. The van der Waals surface area contributed by atoms with Crippen LogP contribution >= 0.6 is 24.0 Å². The fourth-order valence-corrected chi connectivity index (χ4v) is 2.47. The third kappa shape index (κ3) is 8.46. The van der Waals surface area contributed by atoms with Crippen LogP contribution in [0.4, 0.5) is 8.78 Å². The van der Waals surface area contributed by atoms with E-state index >= 15 is 0 Å². The number of carbonyl (C=O) groups is 1. The lowest BCUT2D eigenvalue weighted by Crippen LogP contribution is -2.37. The third-order valence-electron chi connectivity index (χ3n) is 3.68. The first kappa shape index (κ1) is 25.0. The van der Waals surface area contributed by atoms with Crippen LogP contribution in [0.15, 0.2) is 17.1 Å². The fourth-order valence-electron chi connectivity index (χ4n) is 2.47. The SMILES string of the molecule is CCNC(=NCc1cc2c(cc1OC(F)F)OCO2)NCCCC(=O)OCC.I. The van der Waals surface area contributed by atoms with Gasteiger partial charge in [-0.05, 0) is 26.3 Å². The van der Waals surface area contributed by atoms with E-state index in [9.17, 15) is 13.6 Å². The first-order valence-corrected chi connectivity index (χ1v) is 9.08. The van der Waals surface area contributed by atoms with Gasteiger partial charge in [-0.3, -0.25) is 4.79 Å². The molecule has 0 bridgehead atoms. The Balaban J connectivity index is 0.00000420. The zero-order chi connectivity index (χ0) is 20.4. The number of halogens is 3. The first-order valence-electron chi connectivity index (χ1n) is 9.08. The molecule has 1 heterocycles. The number of nitrogens with zero attached hydrogens (tertiary/aromatic N) is 1. The van der Waals surface area contributed by atoms with Crippen molar-refractivity contribution >= 4 is 35.9 Å². The van der Waals surface area contributed by atoms with Crippen LogP contribution in [-0.2, 0) is 16.1 Å². The second kappa shape index (κ2) is 13.2. The molecular formula is C18H26F2IN3O5. The predicted octanol–water partition coefficient (Wildman–Crippen LogP) is 3.03. The van der Waals surface area contributed by atoms with Crippen molar-refractivity contribution in [2.45, 2.75) is 39.8 Å². The molecule has 0 aliphatic carbocycles. The molecule has 0 unspecified atom stereocenters. The van der Waals surface area contributed by atoms with Gasteiger partial charge >= 0.3 is 12.6 Å². The molecule has 2 N–H and O–H groups in total. The van der Waals surface area contributed by atoms with E-state index in [4.69, 9.17) is 14.2 Å². The Morgan fingerprint density at radius 3 is 2.62 bits per heavy atom. The number of rotatable bonds is 10. The number of ether oxygens (including phenoxy) is 4. The molecule has 0 aromatic heterocycles. The molecule has 0 atom stereocenters. The van der Waals surface area contributed by atoms with Crippen molar-refractivity contribution in [2.75, 3.05) is 26.5 Å². The first-order chi connectivity index (χ1) is 13.5. The highest BCUT2D eigenvalue weighted by atomic mass is 127. The van der Waals surface area contributed by atoms with Gasteiger partial charge in [-0.25, -0.2) is 4.99 Å². The summed E-state index contributed by atoms with van der Waals surface area (Å²) < 4.78 is 45.3. The standard InChI is InChI=1S/C18H25F2N3O5.HI/c1-3-21-18(22-7-5-6-16(24)25-4-2)23-10-12-8-14-15(27-11-26-14)9-13(12)28-17(19)20;/h8-9,17H,3-7,10-11H2,1-2H3,(H2,21,22,23);1H.